The van der Waals surface area contributed by atoms with E-state index in [0.29, 0.717) is 16.8 Å². The number of alkyl halides is 3. The molecule has 2 aromatic rings. The Morgan fingerprint density at radius 3 is 2.71 bits per heavy atom. The summed E-state index contributed by atoms with van der Waals surface area (Å²) in [6.45, 7) is 1.54. The van der Waals surface area contributed by atoms with Gasteiger partial charge in [-0.3, -0.25) is 9.69 Å². The quantitative estimate of drug-likeness (QED) is 0.598. The van der Waals surface area contributed by atoms with Crippen molar-refractivity contribution in [3.05, 3.63) is 65.2 Å². The Morgan fingerprint density at radius 2 is 2.04 bits per heavy atom. The number of aliphatic hydroxyl groups is 1. The van der Waals surface area contributed by atoms with E-state index < -0.39 is 17.3 Å². The van der Waals surface area contributed by atoms with Gasteiger partial charge in [-0.25, -0.2) is 0 Å². The number of thioether (sulfide) groups is 1. The Kier molecular flexibility index (Phi) is 5.95. The average molecular weight is 410 g/mol. The highest BCUT2D eigenvalue weighted by Gasteiger charge is 2.32. The number of anilines is 1. The van der Waals surface area contributed by atoms with Crippen molar-refractivity contribution < 1.29 is 27.9 Å². The second kappa shape index (κ2) is 8.24. The van der Waals surface area contributed by atoms with E-state index in [0.717, 1.165) is 23.9 Å². The first-order chi connectivity index (χ1) is 13.3. The molecule has 1 unspecified atom stereocenters. The summed E-state index contributed by atoms with van der Waals surface area (Å²) < 4.78 is 38.5. The van der Waals surface area contributed by atoms with E-state index in [9.17, 15) is 23.1 Å². The van der Waals surface area contributed by atoms with E-state index in [1.54, 1.807) is 31.2 Å². The predicted molar refractivity (Wildman–Crippen MR) is 101 cm³/mol. The van der Waals surface area contributed by atoms with Crippen LogP contribution in [0.1, 0.15) is 23.6 Å². The van der Waals surface area contributed by atoms with Crippen molar-refractivity contribution in [3.8, 4) is 0 Å². The molecule has 0 spiro atoms. The average Bonchev–Trinajstić information content (AvgIpc) is 3.00. The molecule has 1 fully saturated rings. The van der Waals surface area contributed by atoms with E-state index in [2.05, 4.69) is 5.16 Å². The van der Waals surface area contributed by atoms with Crippen LogP contribution in [0, 0.1) is 0 Å². The standard InChI is InChI=1S/C19H17F3N2O3S/c1-12(13-6-4-7-15(9-13)19(20,21)22)23-27-10-14-5-2-3-8-16(14)24-17(25)11-28-18(24)26/h2-9,18,26H,10-11H2,1H3/b23-12-. The zero-order valence-corrected chi connectivity index (χ0v) is 15.6. The normalized spacial score (nSPS) is 17.9. The largest absolute Gasteiger partial charge is 0.416 e. The number of hydrogen-bond acceptors (Lipinski definition) is 5. The lowest BCUT2D eigenvalue weighted by atomic mass is 10.1. The van der Waals surface area contributed by atoms with Crippen LogP contribution in [0.3, 0.4) is 0 Å². The van der Waals surface area contributed by atoms with Gasteiger partial charge in [0.05, 0.1) is 22.7 Å². The number of amides is 1. The molecular formula is C19H17F3N2O3S. The van der Waals surface area contributed by atoms with E-state index in [-0.39, 0.29) is 24.0 Å². The molecule has 1 saturated heterocycles. The second-order valence-electron chi connectivity index (χ2n) is 6.06. The van der Waals surface area contributed by atoms with Crippen LogP contribution < -0.4 is 4.90 Å². The van der Waals surface area contributed by atoms with Gasteiger partial charge in [-0.15, -0.1) is 0 Å². The smallest absolute Gasteiger partial charge is 0.391 e. The summed E-state index contributed by atoms with van der Waals surface area (Å²) in [5.41, 5.74) is -0.0103. The summed E-state index contributed by atoms with van der Waals surface area (Å²) in [7, 11) is 0. The van der Waals surface area contributed by atoms with Crippen LogP contribution in [0.4, 0.5) is 18.9 Å². The number of benzene rings is 2. The molecule has 1 aliphatic heterocycles. The van der Waals surface area contributed by atoms with Crippen molar-refractivity contribution in [1.82, 2.24) is 0 Å². The van der Waals surface area contributed by atoms with Crippen LogP contribution in [0.5, 0.6) is 0 Å². The Balaban J connectivity index is 1.74. The number of para-hydroxylation sites is 1. The van der Waals surface area contributed by atoms with Crippen LogP contribution in [-0.2, 0) is 22.4 Å². The fourth-order valence-corrected chi connectivity index (χ4v) is 3.52. The van der Waals surface area contributed by atoms with Gasteiger partial charge >= 0.3 is 6.18 Å². The molecule has 2 aromatic carbocycles. The molecule has 1 N–H and O–H groups in total. The maximum Gasteiger partial charge on any atom is 0.416 e. The van der Waals surface area contributed by atoms with Crippen molar-refractivity contribution in [1.29, 1.82) is 0 Å². The summed E-state index contributed by atoms with van der Waals surface area (Å²) in [5, 5.41) is 13.9. The van der Waals surface area contributed by atoms with Crippen molar-refractivity contribution in [2.24, 2.45) is 5.16 Å². The van der Waals surface area contributed by atoms with Gasteiger partial charge in [0, 0.05) is 5.56 Å². The Labute approximate surface area is 163 Å². The lowest BCUT2D eigenvalue weighted by Gasteiger charge is -2.22. The third kappa shape index (κ3) is 4.48. The number of oxime groups is 1. The highest BCUT2D eigenvalue weighted by atomic mass is 32.2. The summed E-state index contributed by atoms with van der Waals surface area (Å²) in [5.74, 6) is -0.0306. The minimum absolute atomic E-state index is 0.00631. The highest BCUT2D eigenvalue weighted by molar-refractivity contribution is 8.01. The fraction of sp³-hybridized carbons (Fsp3) is 0.263. The van der Waals surface area contributed by atoms with Gasteiger partial charge in [0.15, 0.2) is 5.56 Å². The van der Waals surface area contributed by atoms with Crippen LogP contribution in [0.2, 0.25) is 0 Å². The first-order valence-electron chi connectivity index (χ1n) is 8.31. The molecule has 1 amide bonds. The van der Waals surface area contributed by atoms with E-state index in [1.165, 1.54) is 17.0 Å². The minimum Gasteiger partial charge on any atom is -0.391 e. The topological polar surface area (TPSA) is 62.1 Å². The molecule has 1 heterocycles. The van der Waals surface area contributed by atoms with Gasteiger partial charge in [0.2, 0.25) is 5.91 Å². The molecule has 0 radical (unpaired) electrons. The lowest BCUT2D eigenvalue weighted by molar-refractivity contribution is -0.137. The van der Waals surface area contributed by atoms with Crippen LogP contribution >= 0.6 is 11.8 Å². The van der Waals surface area contributed by atoms with Gasteiger partial charge < -0.3 is 9.94 Å². The lowest BCUT2D eigenvalue weighted by Crippen LogP contribution is -2.33. The van der Waals surface area contributed by atoms with Crippen molar-refractivity contribution in [2.45, 2.75) is 25.3 Å². The molecule has 5 nitrogen and oxygen atoms in total. The zero-order chi connectivity index (χ0) is 20.3. The second-order valence-corrected chi connectivity index (χ2v) is 7.10. The van der Waals surface area contributed by atoms with Gasteiger partial charge in [-0.05, 0) is 30.7 Å². The maximum atomic E-state index is 12.8. The summed E-state index contributed by atoms with van der Waals surface area (Å²) in [6, 6.07) is 11.7. The number of carbonyl (C=O) groups is 1. The molecule has 9 heteroatoms. The predicted octanol–water partition coefficient (Wildman–Crippen LogP) is 4.00. The third-order valence-electron chi connectivity index (χ3n) is 4.13. The fourth-order valence-electron chi connectivity index (χ4n) is 2.71. The van der Waals surface area contributed by atoms with Crippen molar-refractivity contribution in [2.75, 3.05) is 10.7 Å². The molecule has 3 rings (SSSR count). The SMILES string of the molecule is C/C(=N/OCc1ccccc1N1C(=O)CSC1O)c1cccc(C(F)(F)F)c1. The molecular weight excluding hydrogens is 393 g/mol. The number of nitrogens with zero attached hydrogens (tertiary/aromatic N) is 2. The number of aliphatic hydroxyl groups excluding tert-OH is 1. The van der Waals surface area contributed by atoms with Crippen molar-refractivity contribution in [3.63, 3.8) is 0 Å². The summed E-state index contributed by atoms with van der Waals surface area (Å²) in [6.07, 6.45) is -4.43. The summed E-state index contributed by atoms with van der Waals surface area (Å²) >= 11 is 1.12. The Bertz CT molecular complexity index is 902. The molecule has 1 aliphatic rings. The van der Waals surface area contributed by atoms with E-state index in [1.807, 2.05) is 0 Å². The van der Waals surface area contributed by atoms with Crippen molar-refractivity contribution >= 4 is 29.1 Å². The first kappa shape index (κ1) is 20.2. The van der Waals surface area contributed by atoms with Gasteiger partial charge in [-0.2, -0.15) is 13.2 Å². The van der Waals surface area contributed by atoms with Gasteiger partial charge in [0.1, 0.15) is 6.61 Å². The Morgan fingerprint density at radius 1 is 1.29 bits per heavy atom. The molecule has 28 heavy (non-hydrogen) atoms. The maximum absolute atomic E-state index is 12.8. The van der Waals surface area contributed by atoms with E-state index in [4.69, 9.17) is 4.84 Å². The molecule has 148 valence electrons. The molecule has 0 saturated carbocycles. The highest BCUT2D eigenvalue weighted by Crippen LogP contribution is 2.32. The Hall–Kier alpha value is -2.52. The monoisotopic (exact) mass is 410 g/mol. The van der Waals surface area contributed by atoms with Crippen LogP contribution in [-0.4, -0.2) is 28.0 Å². The third-order valence-corrected chi connectivity index (χ3v) is 5.05. The molecule has 0 aromatic heterocycles. The van der Waals surface area contributed by atoms with Crippen LogP contribution in [0.25, 0.3) is 0 Å². The number of halogens is 3. The first-order valence-corrected chi connectivity index (χ1v) is 9.36. The number of rotatable bonds is 5. The van der Waals surface area contributed by atoms with Gasteiger partial charge in [0.25, 0.3) is 0 Å². The van der Waals surface area contributed by atoms with Gasteiger partial charge in [-0.1, -0.05) is 47.2 Å². The minimum atomic E-state index is -4.43. The molecule has 0 aliphatic carbocycles. The number of hydrogen-bond donors (Lipinski definition) is 1. The summed E-state index contributed by atoms with van der Waals surface area (Å²) in [4.78, 5) is 18.6. The van der Waals surface area contributed by atoms with Crippen LogP contribution in [0.15, 0.2) is 53.7 Å². The molecule has 0 bridgehead atoms. The van der Waals surface area contributed by atoms with E-state index >= 15 is 0 Å². The zero-order valence-electron chi connectivity index (χ0n) is 14.8. The molecule has 1 atom stereocenters. The number of carbonyl (C=O) groups excluding carboxylic acids is 1.